The molecule has 0 aromatic carbocycles. The summed E-state index contributed by atoms with van der Waals surface area (Å²) in [4.78, 5) is 16.6. The van der Waals surface area contributed by atoms with Crippen LogP contribution in [0.2, 0.25) is 0 Å². The second-order valence-electron chi connectivity index (χ2n) is 5.85. The highest BCUT2D eigenvalue weighted by molar-refractivity contribution is 5.76. The second-order valence-corrected chi connectivity index (χ2v) is 5.85. The van der Waals surface area contributed by atoms with Crippen LogP contribution in [0.3, 0.4) is 0 Å². The van der Waals surface area contributed by atoms with Crippen molar-refractivity contribution in [2.24, 2.45) is 0 Å². The Morgan fingerprint density at radius 3 is 2.58 bits per heavy atom. The predicted octanol–water partition coefficient (Wildman–Crippen LogP) is 1.89. The first kappa shape index (κ1) is 14.8. The predicted molar refractivity (Wildman–Crippen MR) is 76.1 cm³/mol. The van der Waals surface area contributed by atoms with Gasteiger partial charge in [-0.05, 0) is 25.8 Å². The van der Waals surface area contributed by atoms with Crippen LogP contribution in [0, 0.1) is 0 Å². The van der Waals surface area contributed by atoms with Gasteiger partial charge in [-0.3, -0.25) is 9.69 Å². The zero-order chi connectivity index (χ0) is 13.5. The molecule has 4 heteroatoms. The van der Waals surface area contributed by atoms with E-state index in [-0.39, 0.29) is 0 Å². The van der Waals surface area contributed by atoms with Crippen molar-refractivity contribution in [3.8, 4) is 0 Å². The molecule has 0 atom stereocenters. The SMILES string of the molecule is CN(C(=O)CCCN1CCOCC1)C1CCCCC1. The molecule has 19 heavy (non-hydrogen) atoms. The molecule has 0 spiro atoms. The number of rotatable bonds is 5. The quantitative estimate of drug-likeness (QED) is 0.763. The first-order chi connectivity index (χ1) is 9.27. The zero-order valence-electron chi connectivity index (χ0n) is 12.3. The summed E-state index contributed by atoms with van der Waals surface area (Å²) in [5, 5.41) is 0. The highest BCUT2D eigenvalue weighted by Gasteiger charge is 2.21. The monoisotopic (exact) mass is 268 g/mol. The highest BCUT2D eigenvalue weighted by Crippen LogP contribution is 2.22. The van der Waals surface area contributed by atoms with Crippen molar-refractivity contribution >= 4 is 5.91 Å². The standard InChI is InChI=1S/C15H28N2O2/c1-16(14-6-3-2-4-7-14)15(18)8-5-9-17-10-12-19-13-11-17/h14H,2-13H2,1H3. The van der Waals surface area contributed by atoms with Gasteiger partial charge in [-0.1, -0.05) is 19.3 Å². The van der Waals surface area contributed by atoms with Crippen LogP contribution < -0.4 is 0 Å². The fraction of sp³-hybridized carbons (Fsp3) is 0.933. The summed E-state index contributed by atoms with van der Waals surface area (Å²) in [6, 6.07) is 0.504. The summed E-state index contributed by atoms with van der Waals surface area (Å²) in [5.41, 5.74) is 0. The third-order valence-electron chi connectivity index (χ3n) is 4.48. The number of morpholine rings is 1. The van der Waals surface area contributed by atoms with Crippen LogP contribution in [0.5, 0.6) is 0 Å². The molecule has 1 saturated carbocycles. The Hall–Kier alpha value is -0.610. The van der Waals surface area contributed by atoms with Crippen molar-refractivity contribution in [3.63, 3.8) is 0 Å². The van der Waals surface area contributed by atoms with E-state index < -0.39 is 0 Å². The molecular formula is C15H28N2O2. The van der Waals surface area contributed by atoms with Crippen LogP contribution in [0.4, 0.5) is 0 Å². The van der Waals surface area contributed by atoms with Gasteiger partial charge in [-0.15, -0.1) is 0 Å². The lowest BCUT2D eigenvalue weighted by atomic mass is 9.94. The smallest absolute Gasteiger partial charge is 0.222 e. The van der Waals surface area contributed by atoms with Gasteiger partial charge in [0.15, 0.2) is 0 Å². The number of hydrogen-bond acceptors (Lipinski definition) is 3. The van der Waals surface area contributed by atoms with Gasteiger partial charge in [0.25, 0.3) is 0 Å². The fourth-order valence-corrected chi connectivity index (χ4v) is 3.13. The molecule has 0 bridgehead atoms. The second kappa shape index (κ2) is 7.85. The Bertz CT molecular complexity index is 271. The minimum absolute atomic E-state index is 0.333. The van der Waals surface area contributed by atoms with Gasteiger partial charge in [0.05, 0.1) is 13.2 Å². The third-order valence-corrected chi connectivity index (χ3v) is 4.48. The van der Waals surface area contributed by atoms with Crippen LogP contribution in [0.1, 0.15) is 44.9 Å². The average Bonchev–Trinajstić information content (AvgIpc) is 2.48. The van der Waals surface area contributed by atoms with Gasteiger partial charge in [-0.2, -0.15) is 0 Å². The minimum atomic E-state index is 0.333. The Kier molecular flexibility index (Phi) is 6.11. The maximum absolute atomic E-state index is 12.2. The number of amides is 1. The van der Waals surface area contributed by atoms with Gasteiger partial charge in [0, 0.05) is 32.6 Å². The van der Waals surface area contributed by atoms with Gasteiger partial charge >= 0.3 is 0 Å². The molecule has 1 heterocycles. The average molecular weight is 268 g/mol. The van der Waals surface area contributed by atoms with E-state index in [2.05, 4.69) is 4.90 Å². The first-order valence-corrected chi connectivity index (χ1v) is 7.83. The molecule has 2 rings (SSSR count). The normalized spacial score (nSPS) is 22.4. The van der Waals surface area contributed by atoms with Crippen molar-refractivity contribution in [3.05, 3.63) is 0 Å². The van der Waals surface area contributed by atoms with Crippen molar-refractivity contribution < 1.29 is 9.53 Å². The van der Waals surface area contributed by atoms with E-state index in [4.69, 9.17) is 4.74 Å². The van der Waals surface area contributed by atoms with Crippen LogP contribution >= 0.6 is 0 Å². The van der Waals surface area contributed by atoms with Gasteiger partial charge in [-0.25, -0.2) is 0 Å². The number of hydrogen-bond donors (Lipinski definition) is 0. The summed E-state index contributed by atoms with van der Waals surface area (Å²) in [5.74, 6) is 0.333. The van der Waals surface area contributed by atoms with E-state index in [9.17, 15) is 4.79 Å². The van der Waals surface area contributed by atoms with E-state index in [1.54, 1.807) is 0 Å². The number of carbonyl (C=O) groups excluding carboxylic acids is 1. The number of carbonyl (C=O) groups is 1. The minimum Gasteiger partial charge on any atom is -0.379 e. The molecule has 1 saturated heterocycles. The molecule has 0 radical (unpaired) electrons. The number of nitrogens with zero attached hydrogens (tertiary/aromatic N) is 2. The molecule has 0 aromatic heterocycles. The topological polar surface area (TPSA) is 32.8 Å². The summed E-state index contributed by atoms with van der Waals surface area (Å²) in [6.45, 7) is 4.76. The third kappa shape index (κ3) is 4.77. The fourth-order valence-electron chi connectivity index (χ4n) is 3.13. The number of ether oxygens (including phenoxy) is 1. The molecule has 4 nitrogen and oxygen atoms in total. The molecule has 2 aliphatic rings. The Labute approximate surface area is 117 Å². The van der Waals surface area contributed by atoms with Crippen molar-refractivity contribution in [1.29, 1.82) is 0 Å². The Morgan fingerprint density at radius 2 is 1.89 bits per heavy atom. The largest absolute Gasteiger partial charge is 0.379 e. The molecule has 1 amide bonds. The molecule has 0 aromatic rings. The summed E-state index contributed by atoms with van der Waals surface area (Å²) >= 11 is 0. The van der Waals surface area contributed by atoms with E-state index in [1.165, 1.54) is 32.1 Å². The van der Waals surface area contributed by atoms with Crippen LogP contribution in [-0.4, -0.2) is 61.6 Å². The van der Waals surface area contributed by atoms with E-state index >= 15 is 0 Å². The molecule has 1 aliphatic carbocycles. The molecule has 110 valence electrons. The van der Waals surface area contributed by atoms with Crippen molar-refractivity contribution in [2.45, 2.75) is 51.0 Å². The lowest BCUT2D eigenvalue weighted by Gasteiger charge is -2.31. The molecule has 2 fully saturated rings. The van der Waals surface area contributed by atoms with Crippen molar-refractivity contribution in [2.75, 3.05) is 39.9 Å². The lowest BCUT2D eigenvalue weighted by molar-refractivity contribution is -0.132. The van der Waals surface area contributed by atoms with Gasteiger partial charge < -0.3 is 9.64 Å². The van der Waals surface area contributed by atoms with Crippen molar-refractivity contribution in [1.82, 2.24) is 9.80 Å². The van der Waals surface area contributed by atoms with Crippen LogP contribution in [0.25, 0.3) is 0 Å². The van der Waals surface area contributed by atoms with E-state index in [0.29, 0.717) is 18.4 Å². The lowest BCUT2D eigenvalue weighted by Crippen LogP contribution is -2.39. The Balaban J connectivity index is 1.62. The van der Waals surface area contributed by atoms with Crippen LogP contribution in [0.15, 0.2) is 0 Å². The molecule has 0 N–H and O–H groups in total. The zero-order valence-corrected chi connectivity index (χ0v) is 12.3. The van der Waals surface area contributed by atoms with Gasteiger partial charge in [0.1, 0.15) is 0 Å². The summed E-state index contributed by atoms with van der Waals surface area (Å²) in [7, 11) is 1.99. The highest BCUT2D eigenvalue weighted by atomic mass is 16.5. The van der Waals surface area contributed by atoms with Crippen LogP contribution in [-0.2, 0) is 9.53 Å². The maximum atomic E-state index is 12.2. The summed E-state index contributed by atoms with van der Waals surface area (Å²) < 4.78 is 5.33. The molecule has 1 aliphatic heterocycles. The summed E-state index contributed by atoms with van der Waals surface area (Å²) in [6.07, 6.45) is 8.00. The molecular weight excluding hydrogens is 240 g/mol. The maximum Gasteiger partial charge on any atom is 0.222 e. The molecule has 0 unspecified atom stereocenters. The van der Waals surface area contributed by atoms with Gasteiger partial charge in [0.2, 0.25) is 5.91 Å². The van der Waals surface area contributed by atoms with E-state index in [1.807, 2.05) is 11.9 Å². The van der Waals surface area contributed by atoms with E-state index in [0.717, 1.165) is 39.3 Å². The first-order valence-electron chi connectivity index (χ1n) is 7.83. The Morgan fingerprint density at radius 1 is 1.21 bits per heavy atom.